The lowest BCUT2D eigenvalue weighted by molar-refractivity contribution is 0.0733. The van der Waals surface area contributed by atoms with Crippen LogP contribution in [0.1, 0.15) is 31.8 Å². The molecule has 0 unspecified atom stereocenters. The van der Waals surface area contributed by atoms with Gasteiger partial charge in [0.25, 0.3) is 0 Å². The zero-order valence-corrected chi connectivity index (χ0v) is 16.8. The number of benzene rings is 3. The molecule has 0 radical (unpaired) electrons. The minimum atomic E-state index is -0.623. The van der Waals surface area contributed by atoms with Crippen LogP contribution in [0.2, 0.25) is 0 Å². The first-order valence-electron chi connectivity index (χ1n) is 8.73. The Labute approximate surface area is 174 Å². The fourth-order valence-electron chi connectivity index (χ4n) is 2.97. The fourth-order valence-corrected chi connectivity index (χ4v) is 3.39. The van der Waals surface area contributed by atoms with E-state index in [4.69, 9.17) is 9.47 Å². The number of hydrogen-bond acceptors (Lipinski definition) is 4. The predicted octanol–water partition coefficient (Wildman–Crippen LogP) is 5.73. The van der Waals surface area contributed by atoms with Gasteiger partial charge in [0, 0.05) is 10.0 Å². The lowest BCUT2D eigenvalue weighted by Crippen LogP contribution is -2.09. The highest BCUT2D eigenvalue weighted by Crippen LogP contribution is 2.39. The molecule has 0 spiro atoms. The van der Waals surface area contributed by atoms with E-state index in [-0.39, 0.29) is 22.9 Å². The van der Waals surface area contributed by atoms with Gasteiger partial charge in [-0.15, -0.1) is 0 Å². The predicted molar refractivity (Wildman–Crippen MR) is 110 cm³/mol. The van der Waals surface area contributed by atoms with Crippen molar-refractivity contribution in [3.05, 3.63) is 99.0 Å². The number of halogens is 2. The van der Waals surface area contributed by atoms with Crippen LogP contribution < -0.4 is 9.47 Å². The van der Waals surface area contributed by atoms with Gasteiger partial charge in [-0.25, -0.2) is 9.18 Å². The van der Waals surface area contributed by atoms with Crippen LogP contribution in [0.25, 0.3) is 6.08 Å². The van der Waals surface area contributed by atoms with Gasteiger partial charge in [-0.2, -0.15) is 0 Å². The molecule has 1 aliphatic rings. The van der Waals surface area contributed by atoms with Crippen molar-refractivity contribution in [3.63, 3.8) is 0 Å². The lowest BCUT2D eigenvalue weighted by atomic mass is 10.1. The van der Waals surface area contributed by atoms with Gasteiger partial charge in [-0.1, -0.05) is 28.1 Å². The summed E-state index contributed by atoms with van der Waals surface area (Å²) < 4.78 is 25.1. The summed E-state index contributed by atoms with van der Waals surface area (Å²) in [7, 11) is 0. The zero-order valence-electron chi connectivity index (χ0n) is 15.2. The Balaban J connectivity index is 1.61. The molecule has 0 fully saturated rings. The van der Waals surface area contributed by atoms with E-state index in [1.165, 1.54) is 24.3 Å². The molecule has 6 heteroatoms. The van der Waals surface area contributed by atoms with Crippen LogP contribution >= 0.6 is 15.9 Å². The van der Waals surface area contributed by atoms with E-state index in [0.717, 1.165) is 10.0 Å². The second-order valence-electron chi connectivity index (χ2n) is 6.46. The molecule has 29 heavy (non-hydrogen) atoms. The summed E-state index contributed by atoms with van der Waals surface area (Å²) in [4.78, 5) is 25.0. The quantitative estimate of drug-likeness (QED) is 0.289. The SMILES string of the molecule is Cc1c(OC(=O)c2ccc(F)cc2)ccc2c1O/C(=C\c1cccc(Br)c1)C2=O. The largest absolute Gasteiger partial charge is 0.452 e. The number of Topliss-reactive ketones (excluding diaryl/α,β-unsaturated/α-hetero) is 1. The highest BCUT2D eigenvalue weighted by molar-refractivity contribution is 9.10. The molecule has 144 valence electrons. The van der Waals surface area contributed by atoms with E-state index >= 15 is 0 Å². The van der Waals surface area contributed by atoms with E-state index in [0.29, 0.717) is 16.9 Å². The molecule has 0 saturated carbocycles. The molecule has 0 aromatic heterocycles. The fraction of sp³-hybridized carbons (Fsp3) is 0.0435. The summed E-state index contributed by atoms with van der Waals surface area (Å²) in [6.45, 7) is 1.71. The minimum absolute atomic E-state index is 0.197. The first kappa shape index (κ1) is 19.1. The number of allylic oxidation sites excluding steroid dienone is 1. The van der Waals surface area contributed by atoms with Crippen LogP contribution in [-0.2, 0) is 0 Å². The summed E-state index contributed by atoms with van der Waals surface area (Å²) in [6.07, 6.45) is 1.66. The molecule has 0 amide bonds. The second-order valence-corrected chi connectivity index (χ2v) is 7.37. The highest BCUT2D eigenvalue weighted by Gasteiger charge is 2.30. The minimum Gasteiger partial charge on any atom is -0.452 e. The van der Waals surface area contributed by atoms with Crippen molar-refractivity contribution in [2.75, 3.05) is 0 Å². The van der Waals surface area contributed by atoms with Gasteiger partial charge in [0.2, 0.25) is 5.78 Å². The average Bonchev–Trinajstić information content (AvgIpc) is 3.01. The van der Waals surface area contributed by atoms with E-state index in [9.17, 15) is 14.0 Å². The van der Waals surface area contributed by atoms with E-state index in [2.05, 4.69) is 15.9 Å². The number of ketones is 1. The van der Waals surface area contributed by atoms with Crippen molar-refractivity contribution in [1.29, 1.82) is 0 Å². The number of carbonyl (C=O) groups is 2. The molecule has 0 saturated heterocycles. The highest BCUT2D eigenvalue weighted by atomic mass is 79.9. The summed E-state index contributed by atoms with van der Waals surface area (Å²) in [5, 5.41) is 0. The van der Waals surface area contributed by atoms with Crippen LogP contribution in [0.3, 0.4) is 0 Å². The molecule has 0 N–H and O–H groups in total. The van der Waals surface area contributed by atoms with Crippen LogP contribution in [0.4, 0.5) is 4.39 Å². The van der Waals surface area contributed by atoms with Crippen molar-refractivity contribution in [2.24, 2.45) is 0 Å². The summed E-state index contributed by atoms with van der Waals surface area (Å²) in [5.74, 6) is -0.466. The number of fused-ring (bicyclic) bond motifs is 1. The molecule has 3 aromatic carbocycles. The third kappa shape index (κ3) is 3.84. The lowest BCUT2D eigenvalue weighted by Gasteiger charge is -2.10. The number of carbonyl (C=O) groups excluding carboxylic acids is 2. The Morgan fingerprint density at radius 3 is 2.59 bits per heavy atom. The maximum Gasteiger partial charge on any atom is 0.343 e. The van der Waals surface area contributed by atoms with Crippen LogP contribution in [0, 0.1) is 12.7 Å². The van der Waals surface area contributed by atoms with Gasteiger partial charge in [-0.05, 0) is 67.1 Å². The van der Waals surface area contributed by atoms with Crippen molar-refractivity contribution in [1.82, 2.24) is 0 Å². The number of rotatable bonds is 3. The van der Waals surface area contributed by atoms with Crippen molar-refractivity contribution in [2.45, 2.75) is 6.92 Å². The van der Waals surface area contributed by atoms with Gasteiger partial charge < -0.3 is 9.47 Å². The standard InChI is InChI=1S/C23H14BrFO4/c1-13-19(29-23(27)15-5-7-17(25)8-6-15)10-9-18-21(26)20(28-22(13)18)12-14-3-2-4-16(24)11-14/h2-12H,1H3/b20-12-. The smallest absolute Gasteiger partial charge is 0.343 e. The Kier molecular flexibility index (Phi) is 5.03. The molecule has 4 nitrogen and oxygen atoms in total. The molecular weight excluding hydrogens is 439 g/mol. The Hall–Kier alpha value is -3.25. The number of esters is 1. The molecular formula is C23H14BrFO4. The summed E-state index contributed by atoms with van der Waals surface area (Å²) in [6, 6.07) is 15.7. The van der Waals surface area contributed by atoms with Gasteiger partial charge in [0.05, 0.1) is 11.1 Å². The van der Waals surface area contributed by atoms with Crippen molar-refractivity contribution in [3.8, 4) is 11.5 Å². The first-order chi connectivity index (χ1) is 13.9. The first-order valence-corrected chi connectivity index (χ1v) is 9.53. The van der Waals surface area contributed by atoms with Crippen molar-refractivity contribution < 1.29 is 23.5 Å². The molecule has 0 bridgehead atoms. The third-order valence-corrected chi connectivity index (χ3v) is 4.96. The van der Waals surface area contributed by atoms with Crippen LogP contribution in [0.15, 0.2) is 70.9 Å². The van der Waals surface area contributed by atoms with Crippen LogP contribution in [0.5, 0.6) is 11.5 Å². The topological polar surface area (TPSA) is 52.6 Å². The van der Waals surface area contributed by atoms with E-state index < -0.39 is 11.8 Å². The van der Waals surface area contributed by atoms with Gasteiger partial charge >= 0.3 is 5.97 Å². The second kappa shape index (κ2) is 7.64. The number of hydrogen-bond donors (Lipinski definition) is 0. The van der Waals surface area contributed by atoms with Gasteiger partial charge in [0.1, 0.15) is 17.3 Å². The zero-order chi connectivity index (χ0) is 20.5. The van der Waals surface area contributed by atoms with Gasteiger partial charge in [-0.3, -0.25) is 4.79 Å². The molecule has 0 atom stereocenters. The van der Waals surface area contributed by atoms with Gasteiger partial charge in [0.15, 0.2) is 5.76 Å². The summed E-state index contributed by atoms with van der Waals surface area (Å²) in [5.41, 5.74) is 1.98. The normalized spacial score (nSPS) is 13.9. The average molecular weight is 453 g/mol. The molecule has 4 rings (SSSR count). The Morgan fingerprint density at radius 1 is 1.10 bits per heavy atom. The summed E-state index contributed by atoms with van der Waals surface area (Å²) >= 11 is 3.40. The van der Waals surface area contributed by atoms with Crippen molar-refractivity contribution >= 4 is 33.8 Å². The van der Waals surface area contributed by atoms with E-state index in [1.807, 2.05) is 24.3 Å². The maximum atomic E-state index is 13.0. The molecule has 1 heterocycles. The Morgan fingerprint density at radius 2 is 1.86 bits per heavy atom. The molecule has 3 aromatic rings. The van der Waals surface area contributed by atoms with Crippen LogP contribution in [-0.4, -0.2) is 11.8 Å². The Bertz CT molecular complexity index is 1170. The maximum absolute atomic E-state index is 13.0. The monoisotopic (exact) mass is 452 g/mol. The third-order valence-electron chi connectivity index (χ3n) is 4.47. The van der Waals surface area contributed by atoms with E-state index in [1.54, 1.807) is 25.1 Å². The molecule has 1 aliphatic heterocycles. The molecule has 0 aliphatic carbocycles. The number of ether oxygens (including phenoxy) is 2.